The van der Waals surface area contributed by atoms with E-state index in [1.165, 1.54) is 0 Å². The Bertz CT molecular complexity index is 1080. The highest BCUT2D eigenvalue weighted by Crippen LogP contribution is 2.32. The molecule has 3 rings (SSSR count). The van der Waals surface area contributed by atoms with Gasteiger partial charge in [0.1, 0.15) is 6.04 Å². The van der Waals surface area contributed by atoms with Gasteiger partial charge in [0.05, 0.1) is 4.91 Å². The van der Waals surface area contributed by atoms with E-state index in [2.05, 4.69) is 10.6 Å². The van der Waals surface area contributed by atoms with Crippen LogP contribution in [-0.2, 0) is 9.59 Å². The number of halogens is 1. The summed E-state index contributed by atoms with van der Waals surface area (Å²) in [6.07, 6.45) is 4.01. The van der Waals surface area contributed by atoms with Crippen molar-refractivity contribution < 1.29 is 19.2 Å². The van der Waals surface area contributed by atoms with Gasteiger partial charge in [-0.2, -0.15) is 11.8 Å². The summed E-state index contributed by atoms with van der Waals surface area (Å²) in [6, 6.07) is 14.9. The zero-order chi connectivity index (χ0) is 24.5. The van der Waals surface area contributed by atoms with Crippen LogP contribution >= 0.6 is 35.1 Å². The molecule has 1 unspecified atom stereocenters. The minimum absolute atomic E-state index is 0.0379. The number of hydrogen-bond acceptors (Lipinski definition) is 6. The fraction of sp³-hybridized carbons (Fsp3) is 0.250. The van der Waals surface area contributed by atoms with Gasteiger partial charge in [0.25, 0.3) is 17.1 Å². The van der Waals surface area contributed by atoms with E-state index in [1.54, 1.807) is 66.4 Å². The molecule has 2 aromatic carbocycles. The van der Waals surface area contributed by atoms with E-state index in [-0.39, 0.29) is 24.9 Å². The first-order chi connectivity index (χ1) is 16.4. The summed E-state index contributed by atoms with van der Waals surface area (Å²) in [7, 11) is 0. The topological polar surface area (TPSA) is 95.6 Å². The highest BCUT2D eigenvalue weighted by Gasteiger charge is 2.34. The van der Waals surface area contributed by atoms with Gasteiger partial charge < -0.3 is 10.6 Å². The first-order valence-corrected chi connectivity index (χ1v) is 13.1. The summed E-state index contributed by atoms with van der Waals surface area (Å²) >= 11 is 8.31. The minimum Gasteiger partial charge on any atom is -0.353 e. The fourth-order valence-corrected chi connectivity index (χ4v) is 4.62. The van der Waals surface area contributed by atoms with Crippen LogP contribution in [0, 0.1) is 0 Å². The number of amides is 4. The Morgan fingerprint density at radius 1 is 1.12 bits per heavy atom. The fourth-order valence-electron chi connectivity index (χ4n) is 3.15. The zero-order valence-corrected chi connectivity index (χ0v) is 20.8. The average Bonchev–Trinajstić information content (AvgIpc) is 3.10. The summed E-state index contributed by atoms with van der Waals surface area (Å²) in [4.78, 5) is 51.6. The SMILES string of the molecule is CSCCC(NC(=O)c1ccccc1)C(=O)NCCN1C(=O)S/C(=C\c2ccc(Cl)cc2)C1=O. The Kier molecular flexibility index (Phi) is 9.62. The number of carbonyl (C=O) groups excluding carboxylic acids is 4. The third kappa shape index (κ3) is 7.12. The van der Waals surface area contributed by atoms with E-state index in [0.29, 0.717) is 27.7 Å². The molecule has 1 aliphatic rings. The number of hydrogen-bond donors (Lipinski definition) is 2. The molecule has 1 saturated heterocycles. The average molecular weight is 518 g/mol. The molecule has 2 aromatic rings. The molecule has 0 saturated carbocycles. The predicted molar refractivity (Wildman–Crippen MR) is 138 cm³/mol. The number of benzene rings is 2. The van der Waals surface area contributed by atoms with Gasteiger partial charge in [0, 0.05) is 23.7 Å². The standard InChI is InChI=1S/C24H24ClN3O4S2/c1-33-14-11-19(27-21(29)17-5-3-2-4-6-17)22(30)26-12-13-28-23(31)20(34-24(28)32)15-16-7-9-18(25)10-8-16/h2-10,15,19H,11-14H2,1H3,(H,26,30)(H,27,29)/b20-15-. The van der Waals surface area contributed by atoms with Crippen molar-refractivity contribution in [3.63, 3.8) is 0 Å². The van der Waals surface area contributed by atoms with Crippen LogP contribution in [0.3, 0.4) is 0 Å². The van der Waals surface area contributed by atoms with Crippen molar-refractivity contribution in [1.29, 1.82) is 0 Å². The summed E-state index contributed by atoms with van der Waals surface area (Å²) in [5.41, 5.74) is 1.23. The highest BCUT2D eigenvalue weighted by molar-refractivity contribution is 8.18. The molecule has 0 bridgehead atoms. The van der Waals surface area contributed by atoms with E-state index in [9.17, 15) is 19.2 Å². The van der Waals surface area contributed by atoms with Crippen LogP contribution in [-0.4, -0.2) is 59.0 Å². The van der Waals surface area contributed by atoms with Gasteiger partial charge in [-0.15, -0.1) is 0 Å². The molecule has 34 heavy (non-hydrogen) atoms. The molecule has 1 heterocycles. The molecule has 1 atom stereocenters. The summed E-state index contributed by atoms with van der Waals surface area (Å²) in [5, 5.41) is 5.69. The van der Waals surface area contributed by atoms with Gasteiger partial charge in [-0.05, 0) is 66.1 Å². The second-order valence-corrected chi connectivity index (χ2v) is 9.76. The maximum Gasteiger partial charge on any atom is 0.293 e. The number of imide groups is 1. The smallest absolute Gasteiger partial charge is 0.293 e. The number of rotatable bonds is 10. The first kappa shape index (κ1) is 25.9. The van der Waals surface area contributed by atoms with Gasteiger partial charge in [-0.1, -0.05) is 41.9 Å². The first-order valence-electron chi connectivity index (χ1n) is 10.5. The Morgan fingerprint density at radius 2 is 1.82 bits per heavy atom. The lowest BCUT2D eigenvalue weighted by molar-refractivity contribution is -0.125. The maximum absolute atomic E-state index is 12.7. The molecular weight excluding hydrogens is 494 g/mol. The number of nitrogens with zero attached hydrogens (tertiary/aromatic N) is 1. The summed E-state index contributed by atoms with van der Waals surface area (Å²) < 4.78 is 0. The quantitative estimate of drug-likeness (QED) is 0.462. The lowest BCUT2D eigenvalue weighted by Gasteiger charge is -2.19. The van der Waals surface area contributed by atoms with E-state index in [1.807, 2.05) is 12.3 Å². The molecule has 1 aliphatic heterocycles. The molecule has 0 aliphatic carbocycles. The van der Waals surface area contributed by atoms with Crippen molar-refractivity contribution in [1.82, 2.24) is 15.5 Å². The van der Waals surface area contributed by atoms with Gasteiger partial charge in [-0.25, -0.2) is 0 Å². The molecule has 4 amide bonds. The number of carbonyl (C=O) groups is 4. The van der Waals surface area contributed by atoms with Crippen molar-refractivity contribution in [3.8, 4) is 0 Å². The van der Waals surface area contributed by atoms with Crippen molar-refractivity contribution in [2.24, 2.45) is 0 Å². The molecule has 0 spiro atoms. The maximum atomic E-state index is 12.7. The number of nitrogens with one attached hydrogen (secondary N) is 2. The van der Waals surface area contributed by atoms with Crippen LogP contribution in [0.5, 0.6) is 0 Å². The predicted octanol–water partition coefficient (Wildman–Crippen LogP) is 4.04. The van der Waals surface area contributed by atoms with E-state index in [4.69, 9.17) is 11.6 Å². The van der Waals surface area contributed by atoms with Crippen molar-refractivity contribution in [3.05, 3.63) is 75.7 Å². The van der Waals surface area contributed by atoms with E-state index in [0.717, 1.165) is 22.2 Å². The molecule has 10 heteroatoms. The van der Waals surface area contributed by atoms with Gasteiger partial charge in [0.2, 0.25) is 5.91 Å². The Labute approximate surface area is 211 Å². The zero-order valence-electron chi connectivity index (χ0n) is 18.5. The van der Waals surface area contributed by atoms with Gasteiger partial charge >= 0.3 is 0 Å². The van der Waals surface area contributed by atoms with Crippen molar-refractivity contribution in [2.75, 3.05) is 25.1 Å². The summed E-state index contributed by atoms with van der Waals surface area (Å²) in [5.74, 6) is -0.413. The molecular formula is C24H24ClN3O4S2. The van der Waals surface area contributed by atoms with Crippen LogP contribution in [0.1, 0.15) is 22.3 Å². The molecule has 7 nitrogen and oxygen atoms in total. The van der Waals surface area contributed by atoms with E-state index < -0.39 is 17.2 Å². The third-order valence-electron chi connectivity index (χ3n) is 4.94. The number of thioether (sulfide) groups is 2. The largest absolute Gasteiger partial charge is 0.353 e. The lowest BCUT2D eigenvalue weighted by atomic mass is 10.1. The van der Waals surface area contributed by atoms with Crippen LogP contribution in [0.4, 0.5) is 4.79 Å². The monoisotopic (exact) mass is 517 g/mol. The van der Waals surface area contributed by atoms with E-state index >= 15 is 0 Å². The normalized spacial score (nSPS) is 15.5. The Hall–Kier alpha value is -2.75. The summed E-state index contributed by atoms with van der Waals surface area (Å²) in [6.45, 7) is 0.123. The van der Waals surface area contributed by atoms with Gasteiger partial charge in [0.15, 0.2) is 0 Å². The molecule has 0 aromatic heterocycles. The molecule has 0 radical (unpaired) electrons. The van der Waals surface area contributed by atoms with Crippen molar-refractivity contribution in [2.45, 2.75) is 12.5 Å². The van der Waals surface area contributed by atoms with Crippen LogP contribution < -0.4 is 10.6 Å². The van der Waals surface area contributed by atoms with Crippen LogP contribution in [0.25, 0.3) is 6.08 Å². The molecule has 1 fully saturated rings. The minimum atomic E-state index is -0.722. The molecule has 2 N–H and O–H groups in total. The second-order valence-electron chi connectivity index (χ2n) is 7.35. The second kappa shape index (κ2) is 12.6. The Balaban J connectivity index is 1.56. The molecule has 178 valence electrons. The van der Waals surface area contributed by atoms with Crippen LogP contribution in [0.15, 0.2) is 59.5 Å². The van der Waals surface area contributed by atoms with Crippen molar-refractivity contribution >= 4 is 64.2 Å². The van der Waals surface area contributed by atoms with Gasteiger partial charge in [-0.3, -0.25) is 24.1 Å². The Morgan fingerprint density at radius 3 is 2.50 bits per heavy atom. The lowest BCUT2D eigenvalue weighted by Crippen LogP contribution is -2.48. The highest BCUT2D eigenvalue weighted by atomic mass is 35.5. The van der Waals surface area contributed by atoms with Crippen LogP contribution in [0.2, 0.25) is 5.02 Å². The third-order valence-corrected chi connectivity index (χ3v) is 6.75.